The predicted octanol–water partition coefficient (Wildman–Crippen LogP) is 0.943. The zero-order valence-corrected chi connectivity index (χ0v) is 11.4. The molecule has 0 aliphatic carbocycles. The number of carbonyl (C=O) groups is 2. The molecule has 0 saturated heterocycles. The van der Waals surface area contributed by atoms with Gasteiger partial charge in [0, 0.05) is 5.54 Å². The minimum atomic E-state index is -0.491. The molecule has 0 atom stereocenters. The molecule has 0 saturated carbocycles. The first-order valence-electron chi connectivity index (χ1n) is 6.16. The molecule has 0 spiro atoms. The average molecular weight is 262 g/mol. The maximum atomic E-state index is 12.2. The van der Waals surface area contributed by atoms with Gasteiger partial charge in [-0.1, -0.05) is 12.1 Å². The molecule has 1 N–H and O–H groups in total. The molecule has 5 heteroatoms. The van der Waals surface area contributed by atoms with Crippen molar-refractivity contribution in [3.63, 3.8) is 0 Å². The van der Waals surface area contributed by atoms with Gasteiger partial charge < -0.3 is 5.11 Å². The number of imide groups is 1. The summed E-state index contributed by atoms with van der Waals surface area (Å²) in [7, 11) is 1.78. The van der Waals surface area contributed by atoms with E-state index in [1.807, 2.05) is 13.8 Å². The van der Waals surface area contributed by atoms with Crippen LogP contribution in [0.4, 0.5) is 0 Å². The second-order valence-electron chi connectivity index (χ2n) is 5.39. The van der Waals surface area contributed by atoms with Gasteiger partial charge in [0.25, 0.3) is 11.8 Å². The first-order valence-corrected chi connectivity index (χ1v) is 6.16. The number of likely N-dealkylation sites (N-methyl/N-ethyl adjacent to an activating group) is 1. The summed E-state index contributed by atoms with van der Waals surface area (Å²) in [6.07, 6.45) is 0. The fourth-order valence-corrected chi connectivity index (χ4v) is 1.89. The number of benzene rings is 1. The van der Waals surface area contributed by atoms with Gasteiger partial charge >= 0.3 is 0 Å². The third-order valence-electron chi connectivity index (χ3n) is 3.65. The van der Waals surface area contributed by atoms with Crippen molar-refractivity contribution in [1.82, 2.24) is 9.80 Å². The van der Waals surface area contributed by atoms with Gasteiger partial charge in [0.15, 0.2) is 0 Å². The Labute approximate surface area is 112 Å². The fourth-order valence-electron chi connectivity index (χ4n) is 1.89. The summed E-state index contributed by atoms with van der Waals surface area (Å²) in [5.74, 6) is -0.553. The second kappa shape index (κ2) is 4.75. The quantitative estimate of drug-likeness (QED) is 0.820. The number of hydrogen-bond donors (Lipinski definition) is 1. The SMILES string of the molecule is CN(CN1C(=O)c2ccccc2C1=O)C(C)(C)CO. The summed E-state index contributed by atoms with van der Waals surface area (Å²) < 4.78 is 0. The molecule has 1 aliphatic rings. The first-order chi connectivity index (χ1) is 8.88. The first kappa shape index (κ1) is 13.7. The standard InChI is InChI=1S/C14H18N2O3/c1-14(2,8-17)15(3)9-16-12(18)10-6-4-5-7-11(10)13(16)19/h4-7,17H,8-9H2,1-3H3. The third-order valence-corrected chi connectivity index (χ3v) is 3.65. The molecular weight excluding hydrogens is 244 g/mol. The maximum absolute atomic E-state index is 12.2. The van der Waals surface area contributed by atoms with Crippen molar-refractivity contribution < 1.29 is 14.7 Å². The van der Waals surface area contributed by atoms with E-state index < -0.39 is 5.54 Å². The Hall–Kier alpha value is -1.72. The van der Waals surface area contributed by atoms with Crippen molar-refractivity contribution in [1.29, 1.82) is 0 Å². The molecule has 0 unspecified atom stereocenters. The van der Waals surface area contributed by atoms with Crippen molar-refractivity contribution in [2.45, 2.75) is 19.4 Å². The van der Waals surface area contributed by atoms with Gasteiger partial charge in [-0.15, -0.1) is 0 Å². The largest absolute Gasteiger partial charge is 0.394 e. The highest BCUT2D eigenvalue weighted by Crippen LogP contribution is 2.23. The molecule has 2 amide bonds. The van der Waals surface area contributed by atoms with Crippen molar-refractivity contribution in [2.75, 3.05) is 20.3 Å². The van der Waals surface area contributed by atoms with Crippen LogP contribution in [0.15, 0.2) is 24.3 Å². The number of nitrogens with zero attached hydrogens (tertiary/aromatic N) is 2. The Bertz CT molecular complexity index is 490. The lowest BCUT2D eigenvalue weighted by atomic mass is 10.1. The molecule has 0 bridgehead atoms. The number of carbonyl (C=O) groups excluding carboxylic acids is 2. The molecule has 1 aliphatic heterocycles. The zero-order valence-electron chi connectivity index (χ0n) is 11.4. The topological polar surface area (TPSA) is 60.9 Å². The number of amides is 2. The lowest BCUT2D eigenvalue weighted by Crippen LogP contribution is -2.50. The van der Waals surface area contributed by atoms with Crippen LogP contribution < -0.4 is 0 Å². The fraction of sp³-hybridized carbons (Fsp3) is 0.429. The molecule has 0 radical (unpaired) electrons. The Morgan fingerprint density at radius 2 is 1.63 bits per heavy atom. The average Bonchev–Trinajstić information content (AvgIpc) is 2.64. The Kier molecular flexibility index (Phi) is 3.43. The molecule has 2 rings (SSSR count). The van der Waals surface area contributed by atoms with Crippen molar-refractivity contribution in [2.24, 2.45) is 0 Å². The summed E-state index contributed by atoms with van der Waals surface area (Å²) >= 11 is 0. The van der Waals surface area contributed by atoms with Gasteiger partial charge in [0.05, 0.1) is 24.4 Å². The maximum Gasteiger partial charge on any atom is 0.262 e. The van der Waals surface area contributed by atoms with Crippen LogP contribution in [0, 0.1) is 0 Å². The number of aliphatic hydroxyl groups is 1. The number of fused-ring (bicyclic) bond motifs is 1. The van der Waals surface area contributed by atoms with Crippen molar-refractivity contribution >= 4 is 11.8 Å². The third kappa shape index (κ3) is 2.27. The molecular formula is C14H18N2O3. The summed E-state index contributed by atoms with van der Waals surface area (Å²) in [5.41, 5.74) is 0.403. The van der Waals surface area contributed by atoms with Crippen LogP contribution in [-0.4, -0.2) is 52.6 Å². The van der Waals surface area contributed by atoms with E-state index in [2.05, 4.69) is 0 Å². The Morgan fingerprint density at radius 3 is 2.05 bits per heavy atom. The molecule has 1 heterocycles. The van der Waals surface area contributed by atoms with Crippen LogP contribution >= 0.6 is 0 Å². The second-order valence-corrected chi connectivity index (χ2v) is 5.39. The highest BCUT2D eigenvalue weighted by molar-refractivity contribution is 6.21. The van der Waals surface area contributed by atoms with Gasteiger partial charge in [0.2, 0.25) is 0 Å². The summed E-state index contributed by atoms with van der Waals surface area (Å²) in [4.78, 5) is 27.3. The number of hydrogen-bond acceptors (Lipinski definition) is 4. The van der Waals surface area contributed by atoms with Gasteiger partial charge in [-0.2, -0.15) is 0 Å². The number of rotatable bonds is 4. The molecule has 0 fully saturated rings. The van der Waals surface area contributed by atoms with E-state index in [-0.39, 0.29) is 25.1 Å². The van der Waals surface area contributed by atoms with Crippen molar-refractivity contribution in [3.05, 3.63) is 35.4 Å². The van der Waals surface area contributed by atoms with E-state index in [1.54, 1.807) is 36.2 Å². The minimum absolute atomic E-state index is 0.0489. The summed E-state index contributed by atoms with van der Waals surface area (Å²) in [5, 5.41) is 9.31. The predicted molar refractivity (Wildman–Crippen MR) is 70.7 cm³/mol. The lowest BCUT2D eigenvalue weighted by Gasteiger charge is -2.35. The van der Waals surface area contributed by atoms with E-state index in [0.29, 0.717) is 11.1 Å². The molecule has 1 aromatic carbocycles. The summed E-state index contributed by atoms with van der Waals surface area (Å²) in [6, 6.07) is 6.81. The van der Waals surface area contributed by atoms with Gasteiger partial charge in [0.1, 0.15) is 0 Å². The van der Waals surface area contributed by atoms with Gasteiger partial charge in [-0.05, 0) is 33.0 Å². The zero-order chi connectivity index (χ0) is 14.2. The van der Waals surface area contributed by atoms with E-state index in [1.165, 1.54) is 4.90 Å². The molecule has 5 nitrogen and oxygen atoms in total. The van der Waals surface area contributed by atoms with Crippen LogP contribution in [0.1, 0.15) is 34.6 Å². The molecule has 1 aromatic rings. The van der Waals surface area contributed by atoms with E-state index in [0.717, 1.165) is 0 Å². The van der Waals surface area contributed by atoms with Crippen LogP contribution in [0.2, 0.25) is 0 Å². The van der Waals surface area contributed by atoms with Crippen LogP contribution in [0.3, 0.4) is 0 Å². The monoisotopic (exact) mass is 262 g/mol. The van der Waals surface area contributed by atoms with E-state index in [9.17, 15) is 14.7 Å². The van der Waals surface area contributed by atoms with Gasteiger partial charge in [-0.25, -0.2) is 0 Å². The smallest absolute Gasteiger partial charge is 0.262 e. The van der Waals surface area contributed by atoms with E-state index >= 15 is 0 Å². The highest BCUT2D eigenvalue weighted by atomic mass is 16.3. The van der Waals surface area contributed by atoms with Crippen molar-refractivity contribution in [3.8, 4) is 0 Å². The lowest BCUT2D eigenvalue weighted by molar-refractivity contribution is 0.0279. The Morgan fingerprint density at radius 1 is 1.16 bits per heavy atom. The number of aliphatic hydroxyl groups excluding tert-OH is 1. The van der Waals surface area contributed by atoms with Gasteiger partial charge in [-0.3, -0.25) is 19.4 Å². The molecule has 102 valence electrons. The minimum Gasteiger partial charge on any atom is -0.394 e. The van der Waals surface area contributed by atoms with Crippen LogP contribution in [-0.2, 0) is 0 Å². The molecule has 19 heavy (non-hydrogen) atoms. The summed E-state index contributed by atoms with van der Waals surface area (Å²) in [6.45, 7) is 3.82. The Balaban J connectivity index is 2.21. The highest BCUT2D eigenvalue weighted by Gasteiger charge is 2.37. The normalized spacial score (nSPS) is 15.3. The van der Waals surface area contributed by atoms with Crippen LogP contribution in [0.5, 0.6) is 0 Å². The van der Waals surface area contributed by atoms with Crippen LogP contribution in [0.25, 0.3) is 0 Å². The molecule has 0 aromatic heterocycles. The van der Waals surface area contributed by atoms with E-state index in [4.69, 9.17) is 0 Å².